The maximum atomic E-state index is 11.9. The summed E-state index contributed by atoms with van der Waals surface area (Å²) in [5.74, 6) is -0.701. The lowest BCUT2D eigenvalue weighted by molar-refractivity contribution is -0.147. The summed E-state index contributed by atoms with van der Waals surface area (Å²) in [6.07, 6.45) is 0.790. The largest absolute Gasteiger partial charge is 0.481 e. The van der Waals surface area contributed by atoms with Gasteiger partial charge >= 0.3 is 5.97 Å². The minimum atomic E-state index is -0.808. The predicted molar refractivity (Wildman–Crippen MR) is 76.3 cm³/mol. The van der Waals surface area contributed by atoms with Crippen molar-refractivity contribution < 1.29 is 14.7 Å². The topological polar surface area (TPSA) is 57.6 Å². The number of hydrogen-bond acceptors (Lipinski definition) is 2. The number of carbonyl (C=O) groups excluding carboxylic acids is 1. The summed E-state index contributed by atoms with van der Waals surface area (Å²) in [5, 5.41) is 9.07. The van der Waals surface area contributed by atoms with Gasteiger partial charge in [0.1, 0.15) is 0 Å². The molecule has 2 rings (SSSR count). The smallest absolute Gasteiger partial charge is 0.308 e. The first kappa shape index (κ1) is 14.6. The number of likely N-dealkylation sites (tertiary alicyclic amines) is 1. The van der Waals surface area contributed by atoms with Gasteiger partial charge in [-0.1, -0.05) is 38.1 Å². The number of piperidine rings is 1. The Balaban J connectivity index is 2.04. The number of carboxylic acid groups (broad SMARTS) is 1. The highest BCUT2D eigenvalue weighted by Crippen LogP contribution is 2.21. The molecule has 108 valence electrons. The van der Waals surface area contributed by atoms with Crippen molar-refractivity contribution in [1.82, 2.24) is 4.90 Å². The molecule has 0 aliphatic carbocycles. The molecule has 1 heterocycles. The molecule has 0 spiro atoms. The molecule has 4 heteroatoms. The number of rotatable bonds is 4. The van der Waals surface area contributed by atoms with Gasteiger partial charge in [-0.25, -0.2) is 0 Å². The second-order valence-electron chi connectivity index (χ2n) is 5.74. The third-order valence-electron chi connectivity index (χ3n) is 3.87. The first-order valence-corrected chi connectivity index (χ1v) is 7.06. The molecule has 0 radical (unpaired) electrons. The van der Waals surface area contributed by atoms with Crippen molar-refractivity contribution in [2.45, 2.75) is 39.2 Å². The lowest BCUT2D eigenvalue weighted by Gasteiger charge is -2.30. The molecular weight excluding hydrogens is 254 g/mol. The van der Waals surface area contributed by atoms with Gasteiger partial charge in [-0.15, -0.1) is 0 Å². The second kappa shape index (κ2) is 6.07. The lowest BCUT2D eigenvalue weighted by atomic mass is 9.97. The van der Waals surface area contributed by atoms with Crippen molar-refractivity contribution >= 4 is 11.9 Å². The van der Waals surface area contributed by atoms with Gasteiger partial charge in [0.2, 0.25) is 5.91 Å². The van der Waals surface area contributed by atoms with Crippen LogP contribution in [0.15, 0.2) is 24.3 Å². The van der Waals surface area contributed by atoms with E-state index in [2.05, 4.69) is 26.0 Å². The Hall–Kier alpha value is -1.84. The van der Waals surface area contributed by atoms with Crippen molar-refractivity contribution in [2.24, 2.45) is 5.92 Å². The Morgan fingerprint density at radius 2 is 2.00 bits per heavy atom. The molecule has 1 aromatic carbocycles. The van der Waals surface area contributed by atoms with E-state index in [9.17, 15) is 9.59 Å². The van der Waals surface area contributed by atoms with E-state index in [1.165, 1.54) is 5.56 Å². The van der Waals surface area contributed by atoms with E-state index in [0.29, 0.717) is 31.8 Å². The van der Waals surface area contributed by atoms with Gasteiger partial charge in [0.15, 0.2) is 0 Å². The molecule has 1 aliphatic heterocycles. The molecule has 4 nitrogen and oxygen atoms in total. The Morgan fingerprint density at radius 1 is 1.35 bits per heavy atom. The Morgan fingerprint density at radius 3 is 2.55 bits per heavy atom. The van der Waals surface area contributed by atoms with Crippen LogP contribution in [0, 0.1) is 5.92 Å². The van der Waals surface area contributed by atoms with Crippen molar-refractivity contribution in [3.8, 4) is 0 Å². The Kier molecular flexibility index (Phi) is 4.42. The zero-order chi connectivity index (χ0) is 14.7. The fourth-order valence-electron chi connectivity index (χ4n) is 2.50. The van der Waals surface area contributed by atoms with Gasteiger partial charge < -0.3 is 10.0 Å². The standard InChI is InChI=1S/C16H21NO3/c1-11(2)13-5-3-12(4-6-13)9-17-10-14(16(19)20)7-8-15(17)18/h3-6,11,14H,7-10H2,1-2H3,(H,19,20). The fraction of sp³-hybridized carbons (Fsp3) is 0.500. The van der Waals surface area contributed by atoms with Crippen molar-refractivity contribution in [2.75, 3.05) is 6.54 Å². The van der Waals surface area contributed by atoms with Gasteiger partial charge in [0.25, 0.3) is 0 Å². The summed E-state index contributed by atoms with van der Waals surface area (Å²) in [7, 11) is 0. The van der Waals surface area contributed by atoms with E-state index in [4.69, 9.17) is 5.11 Å². The molecule has 1 N–H and O–H groups in total. The summed E-state index contributed by atoms with van der Waals surface area (Å²) in [6.45, 7) is 5.10. The molecule has 20 heavy (non-hydrogen) atoms. The van der Waals surface area contributed by atoms with E-state index in [1.807, 2.05) is 12.1 Å². The molecule has 0 aromatic heterocycles. The van der Waals surface area contributed by atoms with Crippen LogP contribution in [0.1, 0.15) is 43.7 Å². The summed E-state index contributed by atoms with van der Waals surface area (Å²) < 4.78 is 0. The number of carbonyl (C=O) groups is 2. The molecule has 0 bridgehead atoms. The Labute approximate surface area is 119 Å². The highest BCUT2D eigenvalue weighted by atomic mass is 16.4. The Bertz CT molecular complexity index is 493. The maximum Gasteiger partial charge on any atom is 0.308 e. The molecular formula is C16H21NO3. The van der Waals surface area contributed by atoms with E-state index >= 15 is 0 Å². The average molecular weight is 275 g/mol. The third kappa shape index (κ3) is 3.38. The zero-order valence-corrected chi connectivity index (χ0v) is 12.0. The van der Waals surface area contributed by atoms with Crippen LogP contribution >= 0.6 is 0 Å². The highest BCUT2D eigenvalue weighted by molar-refractivity contribution is 5.80. The molecule has 1 aliphatic rings. The maximum absolute atomic E-state index is 11.9. The SMILES string of the molecule is CC(C)c1ccc(CN2CC(C(=O)O)CCC2=O)cc1. The number of aliphatic carboxylic acids is 1. The van der Waals surface area contributed by atoms with Gasteiger partial charge in [-0.3, -0.25) is 9.59 Å². The molecule has 1 amide bonds. The van der Waals surface area contributed by atoms with Crippen LogP contribution in [0.3, 0.4) is 0 Å². The number of benzene rings is 1. The van der Waals surface area contributed by atoms with Crippen molar-refractivity contribution in [3.63, 3.8) is 0 Å². The normalized spacial score (nSPS) is 19.4. The van der Waals surface area contributed by atoms with Crippen LogP contribution in [0.5, 0.6) is 0 Å². The van der Waals surface area contributed by atoms with E-state index in [1.54, 1.807) is 4.90 Å². The first-order valence-electron chi connectivity index (χ1n) is 7.06. The average Bonchev–Trinajstić information content (AvgIpc) is 2.41. The van der Waals surface area contributed by atoms with Crippen LogP contribution in [0.4, 0.5) is 0 Å². The van der Waals surface area contributed by atoms with Gasteiger partial charge in [0.05, 0.1) is 5.92 Å². The number of carboxylic acids is 1. The van der Waals surface area contributed by atoms with Crippen molar-refractivity contribution in [1.29, 1.82) is 0 Å². The first-order chi connectivity index (χ1) is 9.47. The molecule has 1 atom stereocenters. The summed E-state index contributed by atoms with van der Waals surface area (Å²) in [5.41, 5.74) is 2.32. The fourth-order valence-corrected chi connectivity index (χ4v) is 2.50. The van der Waals surface area contributed by atoms with Crippen LogP contribution in [0.2, 0.25) is 0 Å². The quantitative estimate of drug-likeness (QED) is 0.919. The molecule has 1 unspecified atom stereocenters. The van der Waals surface area contributed by atoms with Crippen LogP contribution in [-0.2, 0) is 16.1 Å². The lowest BCUT2D eigenvalue weighted by Crippen LogP contribution is -2.41. The predicted octanol–water partition coefficient (Wildman–Crippen LogP) is 2.63. The van der Waals surface area contributed by atoms with E-state index in [0.717, 1.165) is 5.56 Å². The van der Waals surface area contributed by atoms with Crippen LogP contribution in [0.25, 0.3) is 0 Å². The number of nitrogens with zero attached hydrogens (tertiary/aromatic N) is 1. The second-order valence-corrected chi connectivity index (χ2v) is 5.74. The third-order valence-corrected chi connectivity index (χ3v) is 3.87. The molecule has 1 aromatic rings. The van der Waals surface area contributed by atoms with E-state index < -0.39 is 11.9 Å². The van der Waals surface area contributed by atoms with Crippen molar-refractivity contribution in [3.05, 3.63) is 35.4 Å². The summed E-state index contributed by atoms with van der Waals surface area (Å²) in [6, 6.07) is 8.19. The zero-order valence-electron chi connectivity index (χ0n) is 12.0. The monoisotopic (exact) mass is 275 g/mol. The minimum absolute atomic E-state index is 0.0513. The molecule has 1 fully saturated rings. The molecule has 1 saturated heterocycles. The van der Waals surface area contributed by atoms with Gasteiger partial charge in [-0.2, -0.15) is 0 Å². The molecule has 0 saturated carbocycles. The number of amides is 1. The summed E-state index contributed by atoms with van der Waals surface area (Å²) >= 11 is 0. The number of hydrogen-bond donors (Lipinski definition) is 1. The summed E-state index contributed by atoms with van der Waals surface area (Å²) in [4.78, 5) is 24.6. The van der Waals surface area contributed by atoms with Crippen LogP contribution in [-0.4, -0.2) is 28.4 Å². The van der Waals surface area contributed by atoms with Gasteiger partial charge in [0, 0.05) is 19.5 Å². The minimum Gasteiger partial charge on any atom is -0.481 e. The highest BCUT2D eigenvalue weighted by Gasteiger charge is 2.29. The van der Waals surface area contributed by atoms with E-state index in [-0.39, 0.29) is 5.91 Å². The van der Waals surface area contributed by atoms with Crippen LogP contribution < -0.4 is 0 Å². The van der Waals surface area contributed by atoms with Gasteiger partial charge in [-0.05, 0) is 23.5 Å².